The molecule has 0 saturated carbocycles. The minimum absolute atomic E-state index is 0.459. The van der Waals surface area contributed by atoms with Gasteiger partial charge in [0.1, 0.15) is 0 Å². The molecular weight excluding hydrogens is 228 g/mol. The van der Waals surface area contributed by atoms with Crippen molar-refractivity contribution in [3.05, 3.63) is 30.3 Å². The lowest BCUT2D eigenvalue weighted by Gasteiger charge is -2.08. The van der Waals surface area contributed by atoms with E-state index in [1.54, 1.807) is 30.3 Å². The number of halogens is 3. The third kappa shape index (κ3) is 2.21. The summed E-state index contributed by atoms with van der Waals surface area (Å²) in [6, 6.07) is 8.55. The Morgan fingerprint density at radius 2 is 1.87 bits per heavy atom. The van der Waals surface area contributed by atoms with Crippen molar-refractivity contribution in [1.29, 1.82) is 0 Å². The molecule has 0 amide bonds. The number of hydrogen-bond acceptors (Lipinski definition) is 3. The van der Waals surface area contributed by atoms with Gasteiger partial charge in [0.05, 0.1) is 5.69 Å². The average Bonchev–Trinajstić information content (AvgIpc) is 2.67. The Hall–Kier alpha value is -1.29. The summed E-state index contributed by atoms with van der Waals surface area (Å²) in [5.41, 5.74) is 0.579. The van der Waals surface area contributed by atoms with Gasteiger partial charge in [0, 0.05) is 0 Å². The predicted octanol–water partition coefficient (Wildman–Crippen LogP) is 2.91. The second kappa shape index (κ2) is 3.70. The van der Waals surface area contributed by atoms with Gasteiger partial charge in [-0.1, -0.05) is 18.2 Å². The number of benzene rings is 1. The van der Waals surface area contributed by atoms with Crippen molar-refractivity contribution in [2.24, 2.45) is 5.10 Å². The van der Waals surface area contributed by atoms with Crippen LogP contribution in [-0.4, -0.2) is 12.1 Å². The van der Waals surface area contributed by atoms with Gasteiger partial charge in [-0.2, -0.15) is 13.2 Å². The monoisotopic (exact) mass is 234 g/mol. The lowest BCUT2D eigenvalue weighted by molar-refractivity contribution is -0.0696. The summed E-state index contributed by atoms with van der Waals surface area (Å²) in [4.78, 5) is 0. The summed E-state index contributed by atoms with van der Waals surface area (Å²) in [7, 11) is -0.459. The molecule has 1 heterocycles. The van der Waals surface area contributed by atoms with Crippen LogP contribution in [0.3, 0.4) is 0 Å². The molecule has 1 atom stereocenters. The first-order chi connectivity index (χ1) is 7.07. The van der Waals surface area contributed by atoms with Crippen LogP contribution in [0, 0.1) is 0 Å². The van der Waals surface area contributed by atoms with Gasteiger partial charge in [-0.3, -0.25) is 0 Å². The van der Waals surface area contributed by atoms with Crippen molar-refractivity contribution in [3.8, 4) is 0 Å². The maximum atomic E-state index is 12.2. The number of hydrazone groups is 1. The Morgan fingerprint density at radius 3 is 2.40 bits per heavy atom. The smallest absolute Gasteiger partial charge is 0.431 e. The fourth-order valence-corrected chi connectivity index (χ4v) is 1.73. The molecule has 1 unspecified atom stereocenters. The van der Waals surface area contributed by atoms with Gasteiger partial charge in [0.2, 0.25) is 8.96 Å². The molecule has 7 heteroatoms. The molecule has 15 heavy (non-hydrogen) atoms. The van der Waals surface area contributed by atoms with E-state index in [0.29, 0.717) is 5.69 Å². The molecule has 3 nitrogen and oxygen atoms in total. The zero-order valence-electron chi connectivity index (χ0n) is 7.32. The highest BCUT2D eigenvalue weighted by molar-refractivity contribution is 7.35. The van der Waals surface area contributed by atoms with Crippen LogP contribution < -0.4 is 4.78 Å². The normalized spacial score (nSPS) is 17.8. The molecule has 1 aromatic rings. The molecule has 0 aromatic heterocycles. The fourth-order valence-electron chi connectivity index (χ4n) is 1.01. The molecule has 1 aromatic carbocycles. The lowest BCUT2D eigenvalue weighted by Crippen LogP contribution is -2.21. The third-order valence-electron chi connectivity index (χ3n) is 1.66. The largest absolute Gasteiger partial charge is 0.470 e. The summed E-state index contributed by atoms with van der Waals surface area (Å²) in [5.74, 6) is -1.19. The predicted molar refractivity (Wildman–Crippen MR) is 51.8 cm³/mol. The molecule has 0 aliphatic carbocycles. The van der Waals surface area contributed by atoms with E-state index in [9.17, 15) is 13.2 Å². The Kier molecular flexibility index (Phi) is 2.52. The first-order valence-corrected chi connectivity index (χ1v) is 4.86. The minimum Gasteiger partial charge on any atom is -0.431 e. The number of hydrogen-bond donors (Lipinski definition) is 0. The van der Waals surface area contributed by atoms with Crippen LogP contribution in [0.15, 0.2) is 35.4 Å². The van der Waals surface area contributed by atoms with Crippen molar-refractivity contribution in [2.45, 2.75) is 6.18 Å². The Bertz CT molecular complexity index is 379. The summed E-state index contributed by atoms with van der Waals surface area (Å²) < 4.78 is 42.2. The number of nitrogens with zero attached hydrogens (tertiary/aromatic N) is 2. The quantitative estimate of drug-likeness (QED) is 0.698. The summed E-state index contributed by atoms with van der Waals surface area (Å²) in [6.45, 7) is 0. The van der Waals surface area contributed by atoms with Crippen LogP contribution in [0.4, 0.5) is 18.9 Å². The van der Waals surface area contributed by atoms with Crippen molar-refractivity contribution in [2.75, 3.05) is 4.78 Å². The number of alkyl halides is 3. The van der Waals surface area contributed by atoms with Gasteiger partial charge in [-0.15, -0.1) is 5.10 Å². The van der Waals surface area contributed by atoms with Crippen molar-refractivity contribution in [3.63, 3.8) is 0 Å². The van der Waals surface area contributed by atoms with Crippen LogP contribution in [0.2, 0.25) is 0 Å². The van der Waals surface area contributed by atoms with E-state index in [1.807, 2.05) is 0 Å². The molecule has 1 aliphatic heterocycles. The second-order valence-corrected chi connectivity index (χ2v) is 3.55. The highest BCUT2D eigenvalue weighted by Crippen LogP contribution is 2.37. The molecule has 80 valence electrons. The van der Waals surface area contributed by atoms with Crippen LogP contribution in [0.1, 0.15) is 0 Å². The number of para-hydroxylation sites is 1. The standard InChI is InChI=1S/C8H6F3N2OP/c9-8(10,11)7-12-13(15-14-7)6-4-2-1-3-5-6/h1-5,15H. The summed E-state index contributed by atoms with van der Waals surface area (Å²) in [6.07, 6.45) is -4.52. The maximum absolute atomic E-state index is 12.2. The highest BCUT2D eigenvalue weighted by atomic mass is 31.1. The van der Waals surface area contributed by atoms with E-state index < -0.39 is 21.0 Å². The van der Waals surface area contributed by atoms with Crippen LogP contribution in [0.25, 0.3) is 0 Å². The van der Waals surface area contributed by atoms with Gasteiger partial charge in [-0.25, -0.2) is 4.78 Å². The van der Waals surface area contributed by atoms with E-state index in [0.717, 1.165) is 0 Å². The zero-order valence-corrected chi connectivity index (χ0v) is 8.32. The van der Waals surface area contributed by atoms with Crippen LogP contribution in [-0.2, 0) is 4.52 Å². The van der Waals surface area contributed by atoms with Gasteiger partial charge in [-0.05, 0) is 12.1 Å². The number of anilines is 1. The van der Waals surface area contributed by atoms with Gasteiger partial charge in [0.25, 0.3) is 0 Å². The summed E-state index contributed by atoms with van der Waals surface area (Å²) in [5, 5.41) is 3.34. The van der Waals surface area contributed by atoms with Crippen molar-refractivity contribution >= 4 is 20.5 Å². The van der Waals surface area contributed by atoms with E-state index in [1.165, 1.54) is 4.78 Å². The minimum atomic E-state index is -4.52. The molecule has 0 radical (unpaired) electrons. The van der Waals surface area contributed by atoms with E-state index in [4.69, 9.17) is 0 Å². The Morgan fingerprint density at radius 1 is 1.20 bits per heavy atom. The molecule has 0 saturated heterocycles. The number of rotatable bonds is 1. The van der Waals surface area contributed by atoms with Gasteiger partial charge in [0.15, 0.2) is 0 Å². The molecule has 0 spiro atoms. The average molecular weight is 234 g/mol. The van der Waals surface area contributed by atoms with Crippen LogP contribution in [0.5, 0.6) is 0 Å². The second-order valence-electron chi connectivity index (χ2n) is 2.74. The molecule has 0 bridgehead atoms. The highest BCUT2D eigenvalue weighted by Gasteiger charge is 2.42. The van der Waals surface area contributed by atoms with E-state index in [2.05, 4.69) is 9.63 Å². The molecule has 0 fully saturated rings. The fraction of sp³-hybridized carbons (Fsp3) is 0.125. The maximum Gasteiger partial charge on any atom is 0.470 e. The third-order valence-corrected chi connectivity index (χ3v) is 2.48. The van der Waals surface area contributed by atoms with Gasteiger partial charge >= 0.3 is 12.1 Å². The van der Waals surface area contributed by atoms with E-state index >= 15 is 0 Å². The lowest BCUT2D eigenvalue weighted by atomic mass is 10.3. The van der Waals surface area contributed by atoms with Crippen LogP contribution >= 0.6 is 8.96 Å². The summed E-state index contributed by atoms with van der Waals surface area (Å²) >= 11 is 0. The topological polar surface area (TPSA) is 24.8 Å². The van der Waals surface area contributed by atoms with Crippen molar-refractivity contribution < 1.29 is 17.7 Å². The van der Waals surface area contributed by atoms with Gasteiger partial charge < -0.3 is 4.52 Å². The first kappa shape index (κ1) is 10.2. The molecule has 0 N–H and O–H groups in total. The molecular formula is C8H6F3N2OP. The SMILES string of the molecule is FC(F)(F)C1=NN(c2ccccc2)PO1. The zero-order chi connectivity index (χ0) is 10.9. The molecule has 2 rings (SSSR count). The Labute approximate surface area is 85.4 Å². The molecule has 1 aliphatic rings. The van der Waals surface area contributed by atoms with Crippen molar-refractivity contribution in [1.82, 2.24) is 0 Å². The Balaban J connectivity index is 2.20. The van der Waals surface area contributed by atoms with E-state index in [-0.39, 0.29) is 0 Å². The first-order valence-electron chi connectivity index (χ1n) is 4.01.